The number of carbonyl (C=O) groups is 4. The summed E-state index contributed by atoms with van der Waals surface area (Å²) in [5.41, 5.74) is 2.16. The van der Waals surface area contributed by atoms with Crippen LogP contribution in [0.1, 0.15) is 44.2 Å². The number of ether oxygens (including phenoxy) is 1. The van der Waals surface area contributed by atoms with E-state index < -0.39 is 17.5 Å². The van der Waals surface area contributed by atoms with Crippen LogP contribution in [0.4, 0.5) is 5.69 Å². The average molecular weight is 499 g/mol. The van der Waals surface area contributed by atoms with Gasteiger partial charge in [-0.3, -0.25) is 14.6 Å². The first-order chi connectivity index (χ1) is 17.1. The van der Waals surface area contributed by atoms with E-state index in [9.17, 15) is 9.59 Å². The topological polar surface area (TPSA) is 124 Å². The van der Waals surface area contributed by atoms with E-state index in [0.717, 1.165) is 30.9 Å². The van der Waals surface area contributed by atoms with E-state index in [-0.39, 0.29) is 11.9 Å². The molecule has 2 aromatic rings. The number of hydrogen-bond acceptors (Lipinski definition) is 6. The fourth-order valence-corrected chi connectivity index (χ4v) is 4.19. The zero-order chi connectivity index (χ0) is 26.7. The van der Waals surface area contributed by atoms with Crippen molar-refractivity contribution in [3.8, 4) is 0 Å². The van der Waals surface area contributed by atoms with Crippen molar-refractivity contribution in [1.29, 1.82) is 0 Å². The Hall–Kier alpha value is -3.72. The predicted molar refractivity (Wildman–Crippen MR) is 135 cm³/mol. The first-order valence-corrected chi connectivity index (χ1v) is 11.9. The molecular weight excluding hydrogens is 464 g/mol. The molecule has 2 N–H and O–H groups in total. The van der Waals surface area contributed by atoms with E-state index in [1.54, 1.807) is 4.90 Å². The van der Waals surface area contributed by atoms with Crippen LogP contribution in [0.2, 0.25) is 0 Å². The number of carbonyl (C=O) groups excluding carboxylic acids is 2. The number of carboxylic acids is 2. The third kappa shape index (κ3) is 7.39. The Morgan fingerprint density at radius 1 is 0.917 bits per heavy atom. The number of hydrogen-bond donors (Lipinski definition) is 2. The smallest absolute Gasteiger partial charge is 0.414 e. The zero-order valence-electron chi connectivity index (χ0n) is 21.0. The summed E-state index contributed by atoms with van der Waals surface area (Å²) in [5.74, 6) is -4.00. The molecule has 0 atom stereocenters. The molecule has 1 fully saturated rings. The molecular formula is C27H34N2O7. The third-order valence-electron chi connectivity index (χ3n) is 6.04. The highest BCUT2D eigenvalue weighted by atomic mass is 16.5. The summed E-state index contributed by atoms with van der Waals surface area (Å²) < 4.78 is 5.51. The van der Waals surface area contributed by atoms with Crippen molar-refractivity contribution in [2.75, 3.05) is 24.6 Å². The minimum atomic E-state index is -1.82. The summed E-state index contributed by atoms with van der Waals surface area (Å²) in [6.45, 7) is 8.27. The molecule has 0 aromatic heterocycles. The van der Waals surface area contributed by atoms with Gasteiger partial charge in [-0.15, -0.1) is 0 Å². The Morgan fingerprint density at radius 3 is 1.94 bits per heavy atom. The van der Waals surface area contributed by atoms with Crippen molar-refractivity contribution in [3.63, 3.8) is 0 Å². The van der Waals surface area contributed by atoms with Crippen molar-refractivity contribution >= 4 is 29.5 Å². The Morgan fingerprint density at radius 2 is 1.47 bits per heavy atom. The molecule has 2 aromatic carbocycles. The van der Waals surface area contributed by atoms with Gasteiger partial charge in [0.1, 0.15) is 5.54 Å². The van der Waals surface area contributed by atoms with Crippen molar-refractivity contribution < 1.29 is 34.1 Å². The number of esters is 1. The molecule has 0 unspecified atom stereocenters. The number of piperidine rings is 1. The lowest BCUT2D eigenvalue weighted by Gasteiger charge is -2.46. The van der Waals surface area contributed by atoms with Crippen LogP contribution in [-0.2, 0) is 30.5 Å². The second-order valence-electron chi connectivity index (χ2n) is 8.54. The standard InChI is InChI=1S/C25H32N2O3.C2H2O4/c1-4-23(28)27(22-13-11-20(3)12-14-22)25(24(29)30-5-2)15-17-26(18-16-25)19-21-9-7-6-8-10-21;3-1(4)2(5)6/h6-14H,4-5,15-19H2,1-3H3;(H,3,4)(H,5,6). The van der Waals surface area contributed by atoms with E-state index in [2.05, 4.69) is 17.0 Å². The molecule has 1 heterocycles. The van der Waals surface area contributed by atoms with Gasteiger partial charge >= 0.3 is 17.9 Å². The van der Waals surface area contributed by atoms with Gasteiger partial charge in [-0.2, -0.15) is 0 Å². The van der Waals surface area contributed by atoms with Crippen molar-refractivity contribution in [1.82, 2.24) is 4.90 Å². The van der Waals surface area contributed by atoms with Gasteiger partial charge in [-0.1, -0.05) is 55.0 Å². The first kappa shape index (κ1) is 28.5. The Kier molecular flexibility index (Phi) is 10.6. The van der Waals surface area contributed by atoms with Gasteiger partial charge in [0, 0.05) is 31.7 Å². The van der Waals surface area contributed by atoms with Crippen LogP contribution in [-0.4, -0.2) is 64.2 Å². The minimum absolute atomic E-state index is 0.0524. The maximum atomic E-state index is 13.3. The molecule has 0 aliphatic carbocycles. The van der Waals surface area contributed by atoms with Gasteiger partial charge in [0.05, 0.1) is 6.61 Å². The molecule has 0 radical (unpaired) electrons. The molecule has 36 heavy (non-hydrogen) atoms. The second kappa shape index (κ2) is 13.4. The number of amides is 1. The summed E-state index contributed by atoms with van der Waals surface area (Å²) in [5, 5.41) is 14.8. The molecule has 9 nitrogen and oxygen atoms in total. The molecule has 9 heteroatoms. The average Bonchev–Trinajstić information content (AvgIpc) is 2.87. The zero-order valence-corrected chi connectivity index (χ0v) is 21.0. The summed E-state index contributed by atoms with van der Waals surface area (Å²) in [6.07, 6.45) is 1.44. The highest BCUT2D eigenvalue weighted by molar-refractivity contribution is 6.27. The van der Waals surface area contributed by atoms with Gasteiger partial charge in [-0.25, -0.2) is 14.4 Å². The van der Waals surface area contributed by atoms with Gasteiger partial charge in [0.2, 0.25) is 5.91 Å². The van der Waals surface area contributed by atoms with E-state index >= 15 is 0 Å². The second-order valence-corrected chi connectivity index (χ2v) is 8.54. The van der Waals surface area contributed by atoms with Crippen LogP contribution in [0.25, 0.3) is 0 Å². The number of anilines is 1. The number of aliphatic carboxylic acids is 2. The lowest BCUT2D eigenvalue weighted by molar-refractivity contribution is -0.159. The molecule has 1 aliphatic rings. The molecule has 1 aliphatic heterocycles. The van der Waals surface area contributed by atoms with Gasteiger partial charge in [0.15, 0.2) is 0 Å². The molecule has 194 valence electrons. The fourth-order valence-electron chi connectivity index (χ4n) is 4.19. The van der Waals surface area contributed by atoms with Crippen LogP contribution < -0.4 is 4.90 Å². The first-order valence-electron chi connectivity index (χ1n) is 11.9. The molecule has 3 rings (SSSR count). The molecule has 0 spiro atoms. The van der Waals surface area contributed by atoms with Gasteiger partial charge < -0.3 is 14.9 Å². The summed E-state index contributed by atoms with van der Waals surface area (Å²) in [7, 11) is 0. The van der Waals surface area contributed by atoms with E-state index in [1.165, 1.54) is 5.56 Å². The van der Waals surface area contributed by atoms with Crippen molar-refractivity contribution in [2.45, 2.75) is 52.1 Å². The third-order valence-corrected chi connectivity index (χ3v) is 6.04. The van der Waals surface area contributed by atoms with Crippen molar-refractivity contribution in [2.24, 2.45) is 0 Å². The van der Waals surface area contributed by atoms with E-state index in [4.69, 9.17) is 24.5 Å². The van der Waals surface area contributed by atoms with Gasteiger partial charge in [-0.05, 0) is 44.4 Å². The number of carboxylic acid groups (broad SMARTS) is 2. The Bertz CT molecular complexity index is 1020. The summed E-state index contributed by atoms with van der Waals surface area (Å²) >= 11 is 0. The van der Waals surface area contributed by atoms with Crippen molar-refractivity contribution in [3.05, 3.63) is 65.7 Å². The quantitative estimate of drug-likeness (QED) is 0.439. The maximum absolute atomic E-state index is 13.3. The summed E-state index contributed by atoms with van der Waals surface area (Å²) in [4.78, 5) is 48.6. The van der Waals surface area contributed by atoms with Crippen LogP contribution in [0, 0.1) is 6.92 Å². The van der Waals surface area contributed by atoms with Crippen LogP contribution >= 0.6 is 0 Å². The number of benzene rings is 2. The molecule has 0 bridgehead atoms. The Labute approximate surface area is 211 Å². The summed E-state index contributed by atoms with van der Waals surface area (Å²) in [6, 6.07) is 18.2. The predicted octanol–water partition coefficient (Wildman–Crippen LogP) is 3.49. The molecule has 1 saturated heterocycles. The van der Waals surface area contributed by atoms with Gasteiger partial charge in [0.25, 0.3) is 0 Å². The van der Waals surface area contributed by atoms with Crippen LogP contribution in [0.15, 0.2) is 54.6 Å². The molecule has 1 amide bonds. The number of aryl methyl sites for hydroxylation is 1. The lowest BCUT2D eigenvalue weighted by Crippen LogP contribution is -2.62. The SMILES string of the molecule is CCOC(=O)C1(N(C(=O)CC)c2ccc(C)cc2)CCN(Cc2ccccc2)CC1.O=C(O)C(=O)O. The normalized spacial score (nSPS) is 14.6. The Balaban J connectivity index is 0.000000678. The highest BCUT2D eigenvalue weighted by Gasteiger charge is 2.50. The van der Waals surface area contributed by atoms with E-state index in [0.29, 0.717) is 25.9 Å². The maximum Gasteiger partial charge on any atom is 0.414 e. The van der Waals surface area contributed by atoms with E-state index in [1.807, 2.05) is 63.2 Å². The largest absolute Gasteiger partial charge is 0.473 e. The fraction of sp³-hybridized carbons (Fsp3) is 0.407. The molecule has 0 saturated carbocycles. The number of rotatable bonds is 7. The lowest BCUT2D eigenvalue weighted by atomic mass is 9.84. The monoisotopic (exact) mass is 498 g/mol. The number of nitrogens with zero attached hydrogens (tertiary/aromatic N) is 2. The highest BCUT2D eigenvalue weighted by Crippen LogP contribution is 2.36. The van der Waals surface area contributed by atoms with Crippen LogP contribution in [0.3, 0.4) is 0 Å². The van der Waals surface area contributed by atoms with Crippen LogP contribution in [0.5, 0.6) is 0 Å². The minimum Gasteiger partial charge on any atom is -0.473 e. The number of likely N-dealkylation sites (tertiary alicyclic amines) is 1.